The van der Waals surface area contributed by atoms with Gasteiger partial charge in [0.25, 0.3) is 11.1 Å². The second kappa shape index (κ2) is 8.15. The van der Waals surface area contributed by atoms with E-state index in [1.54, 1.807) is 11.4 Å². The van der Waals surface area contributed by atoms with E-state index < -0.39 is 22.5 Å². The standard InChI is InChI=1S/C17H7Cl2N7O4S/c18-10-3-8(26-17(29)22-16(28)12(5-20)23-26)4-11(19)15(10)30-13-1-2-14(27)25(24-13)9-6-21-31-7-9/h1-4,6-7H,(H,22,28,29). The van der Waals surface area contributed by atoms with Crippen molar-refractivity contribution in [2.75, 3.05) is 0 Å². The number of aromatic amines is 1. The number of hydrogen-bond donors (Lipinski definition) is 1. The number of nitrogens with zero attached hydrogens (tertiary/aromatic N) is 6. The Bertz CT molecular complexity index is 1500. The highest BCUT2D eigenvalue weighted by atomic mass is 35.5. The van der Waals surface area contributed by atoms with Crippen LogP contribution >= 0.6 is 34.7 Å². The quantitative estimate of drug-likeness (QED) is 0.470. The van der Waals surface area contributed by atoms with Gasteiger partial charge in [-0.3, -0.25) is 14.6 Å². The van der Waals surface area contributed by atoms with Gasteiger partial charge in [0.2, 0.25) is 11.6 Å². The topological polar surface area (TPSA) is 149 Å². The highest BCUT2D eigenvalue weighted by molar-refractivity contribution is 7.03. The summed E-state index contributed by atoms with van der Waals surface area (Å²) >= 11 is 13.7. The minimum atomic E-state index is -0.914. The lowest BCUT2D eigenvalue weighted by atomic mass is 10.3. The van der Waals surface area contributed by atoms with Crippen LogP contribution in [0.2, 0.25) is 10.0 Å². The SMILES string of the molecule is N#Cc1nn(-c2cc(Cl)c(Oc3ccc(=O)n(-c4cnsc4)n3)c(Cl)c2)c(=O)[nH]c1=O. The minimum Gasteiger partial charge on any atom is -0.434 e. The molecule has 11 nitrogen and oxygen atoms in total. The molecule has 0 unspecified atom stereocenters. The van der Waals surface area contributed by atoms with E-state index in [1.807, 2.05) is 4.98 Å². The molecule has 4 rings (SSSR count). The van der Waals surface area contributed by atoms with Crippen LogP contribution in [0.15, 0.2) is 50.2 Å². The largest absolute Gasteiger partial charge is 0.434 e. The van der Waals surface area contributed by atoms with Crippen LogP contribution in [-0.2, 0) is 0 Å². The summed E-state index contributed by atoms with van der Waals surface area (Å²) in [5.41, 5.74) is -2.16. The number of halogens is 2. The summed E-state index contributed by atoms with van der Waals surface area (Å²) in [5, 5.41) is 18.4. The van der Waals surface area contributed by atoms with Crippen LogP contribution in [0.5, 0.6) is 11.6 Å². The third kappa shape index (κ3) is 3.97. The van der Waals surface area contributed by atoms with Crippen molar-refractivity contribution in [3.05, 3.63) is 82.8 Å². The van der Waals surface area contributed by atoms with Crippen molar-refractivity contribution in [3.8, 4) is 29.1 Å². The van der Waals surface area contributed by atoms with Gasteiger partial charge in [-0.25, -0.2) is 4.79 Å². The van der Waals surface area contributed by atoms with Gasteiger partial charge in [-0.05, 0) is 23.7 Å². The Hall–Kier alpha value is -3.79. The average molecular weight is 476 g/mol. The van der Waals surface area contributed by atoms with Crippen LogP contribution in [0, 0.1) is 11.3 Å². The van der Waals surface area contributed by atoms with Crippen LogP contribution in [0.3, 0.4) is 0 Å². The maximum atomic E-state index is 12.1. The molecule has 1 N–H and O–H groups in total. The summed E-state index contributed by atoms with van der Waals surface area (Å²) in [6.45, 7) is 0. The Morgan fingerprint density at radius 3 is 2.45 bits per heavy atom. The molecule has 0 fully saturated rings. The van der Waals surface area contributed by atoms with E-state index in [0.717, 1.165) is 20.9 Å². The lowest BCUT2D eigenvalue weighted by Crippen LogP contribution is -2.33. The predicted octanol–water partition coefficient (Wildman–Crippen LogP) is 1.89. The highest BCUT2D eigenvalue weighted by Gasteiger charge is 2.16. The van der Waals surface area contributed by atoms with Crippen LogP contribution in [0.1, 0.15) is 5.69 Å². The predicted molar refractivity (Wildman–Crippen MR) is 111 cm³/mol. The first-order valence-electron chi connectivity index (χ1n) is 8.18. The summed E-state index contributed by atoms with van der Waals surface area (Å²) in [5.74, 6) is 0.0275. The summed E-state index contributed by atoms with van der Waals surface area (Å²) < 4.78 is 11.4. The Morgan fingerprint density at radius 2 is 1.81 bits per heavy atom. The fourth-order valence-electron chi connectivity index (χ4n) is 2.46. The van der Waals surface area contributed by atoms with Gasteiger partial charge in [0, 0.05) is 17.5 Å². The summed E-state index contributed by atoms with van der Waals surface area (Å²) in [7, 11) is 0. The van der Waals surface area contributed by atoms with Crippen molar-refractivity contribution in [2.45, 2.75) is 0 Å². The number of nitriles is 1. The number of hydrogen-bond acceptors (Lipinski definition) is 9. The molecule has 0 bridgehead atoms. The first-order valence-corrected chi connectivity index (χ1v) is 9.78. The molecule has 0 aliphatic carbocycles. The molecule has 0 aliphatic heterocycles. The van der Waals surface area contributed by atoms with Crippen molar-refractivity contribution in [3.63, 3.8) is 0 Å². The smallest absolute Gasteiger partial charge is 0.349 e. The monoisotopic (exact) mass is 475 g/mol. The molecule has 0 spiro atoms. The van der Waals surface area contributed by atoms with Crippen LogP contribution in [0.25, 0.3) is 11.4 Å². The number of H-pyrrole nitrogens is 1. The molecule has 14 heteroatoms. The Morgan fingerprint density at radius 1 is 1.06 bits per heavy atom. The number of nitrogens with one attached hydrogen (secondary N) is 1. The molecule has 0 aliphatic rings. The van der Waals surface area contributed by atoms with Crippen molar-refractivity contribution >= 4 is 34.7 Å². The third-order valence-corrected chi connectivity index (χ3v) is 4.94. The first kappa shape index (κ1) is 20.5. The fraction of sp³-hybridized carbons (Fsp3) is 0. The van der Waals surface area contributed by atoms with Gasteiger partial charge >= 0.3 is 5.69 Å². The lowest BCUT2D eigenvalue weighted by molar-refractivity contribution is 0.447. The van der Waals surface area contributed by atoms with Gasteiger partial charge in [0.15, 0.2) is 5.75 Å². The van der Waals surface area contributed by atoms with Crippen LogP contribution < -0.4 is 21.5 Å². The molecule has 154 valence electrons. The van der Waals surface area contributed by atoms with Crippen molar-refractivity contribution in [2.24, 2.45) is 0 Å². The van der Waals surface area contributed by atoms with Gasteiger partial charge < -0.3 is 4.74 Å². The zero-order valence-electron chi connectivity index (χ0n) is 14.9. The molecular formula is C17H7Cl2N7O4S. The maximum Gasteiger partial charge on any atom is 0.349 e. The minimum absolute atomic E-state index is 0.00575. The van der Waals surface area contributed by atoms with E-state index in [0.29, 0.717) is 5.69 Å². The summed E-state index contributed by atoms with van der Waals surface area (Å²) in [6, 6.07) is 6.78. The molecule has 3 heterocycles. The molecule has 31 heavy (non-hydrogen) atoms. The van der Waals surface area contributed by atoms with E-state index in [9.17, 15) is 14.4 Å². The Kier molecular flexibility index (Phi) is 5.38. The first-order chi connectivity index (χ1) is 14.9. The van der Waals surface area contributed by atoms with E-state index in [1.165, 1.54) is 30.5 Å². The molecule has 0 saturated carbocycles. The lowest BCUT2D eigenvalue weighted by Gasteiger charge is -2.12. The van der Waals surface area contributed by atoms with E-state index in [-0.39, 0.29) is 27.4 Å². The van der Waals surface area contributed by atoms with E-state index in [2.05, 4.69) is 14.6 Å². The van der Waals surface area contributed by atoms with E-state index in [4.69, 9.17) is 33.2 Å². The highest BCUT2D eigenvalue weighted by Crippen LogP contribution is 2.37. The second-order valence-electron chi connectivity index (χ2n) is 5.78. The summed E-state index contributed by atoms with van der Waals surface area (Å²) in [6.07, 6.45) is 1.47. The summed E-state index contributed by atoms with van der Waals surface area (Å²) in [4.78, 5) is 37.6. The number of aromatic nitrogens is 6. The molecule has 1 aromatic carbocycles. The van der Waals surface area contributed by atoms with Gasteiger partial charge in [-0.2, -0.15) is 19.0 Å². The van der Waals surface area contributed by atoms with Crippen molar-refractivity contribution < 1.29 is 4.74 Å². The Labute approximate surface area is 185 Å². The molecule has 0 radical (unpaired) electrons. The Balaban J connectivity index is 1.74. The average Bonchev–Trinajstić information content (AvgIpc) is 3.26. The fourth-order valence-corrected chi connectivity index (χ4v) is 3.51. The van der Waals surface area contributed by atoms with Crippen LogP contribution in [0.4, 0.5) is 0 Å². The number of benzene rings is 1. The van der Waals surface area contributed by atoms with E-state index >= 15 is 0 Å². The van der Waals surface area contributed by atoms with Crippen LogP contribution in [-0.4, -0.2) is 28.9 Å². The normalized spacial score (nSPS) is 10.6. The molecule has 0 saturated heterocycles. The van der Waals surface area contributed by atoms with Gasteiger partial charge in [-0.1, -0.05) is 23.2 Å². The molecule has 3 aromatic heterocycles. The molecular weight excluding hydrogens is 469 g/mol. The van der Waals surface area contributed by atoms with Gasteiger partial charge in [0.1, 0.15) is 6.07 Å². The van der Waals surface area contributed by atoms with Crippen molar-refractivity contribution in [1.29, 1.82) is 5.26 Å². The van der Waals surface area contributed by atoms with Gasteiger partial charge in [0.05, 0.1) is 27.6 Å². The molecule has 4 aromatic rings. The molecule has 0 atom stereocenters. The third-order valence-electron chi connectivity index (χ3n) is 3.81. The second-order valence-corrected chi connectivity index (χ2v) is 7.25. The molecule has 0 amide bonds. The number of rotatable bonds is 4. The maximum absolute atomic E-state index is 12.1. The zero-order valence-corrected chi connectivity index (χ0v) is 17.3. The van der Waals surface area contributed by atoms with Crippen molar-refractivity contribution in [1.82, 2.24) is 28.9 Å². The van der Waals surface area contributed by atoms with Gasteiger partial charge in [-0.15, -0.1) is 10.2 Å². The number of ether oxygens (including phenoxy) is 1. The zero-order chi connectivity index (χ0) is 22.1.